The maximum atomic E-state index is 12.6. The number of nitrogens with one attached hydrogen (secondary N) is 1. The normalized spacial score (nSPS) is 16.7. The highest BCUT2D eigenvalue weighted by Gasteiger charge is 2.23. The molecule has 0 radical (unpaired) electrons. The number of nitrogens with zero attached hydrogens (tertiary/aromatic N) is 5. The third-order valence-electron chi connectivity index (χ3n) is 5.01. The highest BCUT2D eigenvalue weighted by molar-refractivity contribution is 7.15. The molecule has 3 aromatic rings. The van der Waals surface area contributed by atoms with Crippen molar-refractivity contribution >= 4 is 34.3 Å². The number of piperidine rings is 1. The Morgan fingerprint density at radius 1 is 1.33 bits per heavy atom. The predicted octanol–water partition coefficient (Wildman–Crippen LogP) is 3.87. The average Bonchev–Trinajstić information content (AvgIpc) is 3.17. The summed E-state index contributed by atoms with van der Waals surface area (Å²) in [6, 6.07) is 5.77. The number of aromatic nitrogens is 4. The smallest absolute Gasteiger partial charge is 0.246 e. The molecule has 0 aromatic carbocycles. The van der Waals surface area contributed by atoms with E-state index < -0.39 is 0 Å². The van der Waals surface area contributed by atoms with Gasteiger partial charge < -0.3 is 10.2 Å². The first-order chi connectivity index (χ1) is 14.7. The van der Waals surface area contributed by atoms with Crippen molar-refractivity contribution < 1.29 is 4.79 Å². The zero-order chi connectivity index (χ0) is 20.8. The maximum Gasteiger partial charge on any atom is 0.246 e. The van der Waals surface area contributed by atoms with Crippen LogP contribution in [-0.2, 0) is 11.2 Å². The number of carbonyl (C=O) groups excluding carboxylic acids is 1. The molecule has 1 saturated heterocycles. The Hall–Kier alpha value is -3.13. The number of likely N-dealkylation sites (tertiary alicyclic amines) is 1. The molecule has 1 amide bonds. The predicted molar refractivity (Wildman–Crippen MR) is 118 cm³/mol. The molecule has 0 bridgehead atoms. The van der Waals surface area contributed by atoms with Crippen molar-refractivity contribution in [3.8, 4) is 0 Å². The largest absolute Gasteiger partial charge is 0.339 e. The van der Waals surface area contributed by atoms with Gasteiger partial charge in [0, 0.05) is 54.4 Å². The highest BCUT2D eigenvalue weighted by atomic mass is 32.1. The summed E-state index contributed by atoms with van der Waals surface area (Å²) >= 11 is 1.59. The van der Waals surface area contributed by atoms with E-state index in [1.165, 1.54) is 0 Å². The molecule has 0 aliphatic carbocycles. The summed E-state index contributed by atoms with van der Waals surface area (Å²) in [6.07, 6.45) is 13.3. The molecule has 154 valence electrons. The second-order valence-corrected chi connectivity index (χ2v) is 8.65. The van der Waals surface area contributed by atoms with E-state index in [0.29, 0.717) is 5.92 Å². The summed E-state index contributed by atoms with van der Waals surface area (Å²) in [5, 5.41) is 4.07. The van der Waals surface area contributed by atoms with Crippen LogP contribution in [0.2, 0.25) is 0 Å². The molecule has 0 saturated carbocycles. The van der Waals surface area contributed by atoms with Gasteiger partial charge in [0.05, 0.1) is 0 Å². The van der Waals surface area contributed by atoms with Crippen LogP contribution in [0.4, 0.5) is 10.9 Å². The van der Waals surface area contributed by atoms with Gasteiger partial charge in [0.25, 0.3) is 0 Å². The van der Waals surface area contributed by atoms with Crippen LogP contribution in [0.1, 0.15) is 29.0 Å². The lowest BCUT2D eigenvalue weighted by Gasteiger charge is -2.32. The molecule has 1 aliphatic heterocycles. The fraction of sp³-hybridized carbons (Fsp3) is 0.318. The van der Waals surface area contributed by atoms with Crippen LogP contribution in [0.3, 0.4) is 0 Å². The van der Waals surface area contributed by atoms with E-state index in [1.807, 2.05) is 42.3 Å². The van der Waals surface area contributed by atoms with E-state index in [-0.39, 0.29) is 5.91 Å². The topological polar surface area (TPSA) is 83.9 Å². The lowest BCUT2D eigenvalue weighted by molar-refractivity contribution is -0.127. The van der Waals surface area contributed by atoms with Gasteiger partial charge in [-0.1, -0.05) is 6.07 Å². The highest BCUT2D eigenvalue weighted by Crippen LogP contribution is 2.23. The average molecular weight is 421 g/mol. The third-order valence-corrected chi connectivity index (χ3v) is 5.84. The van der Waals surface area contributed by atoms with Crippen LogP contribution >= 0.6 is 11.3 Å². The van der Waals surface area contributed by atoms with Crippen molar-refractivity contribution in [2.24, 2.45) is 5.92 Å². The van der Waals surface area contributed by atoms with E-state index in [2.05, 4.69) is 25.3 Å². The van der Waals surface area contributed by atoms with Gasteiger partial charge in [-0.15, -0.1) is 11.3 Å². The van der Waals surface area contributed by atoms with Crippen LogP contribution in [0.15, 0.2) is 49.2 Å². The third kappa shape index (κ3) is 5.48. The van der Waals surface area contributed by atoms with Crippen LogP contribution in [0.5, 0.6) is 0 Å². The molecular weight excluding hydrogens is 396 g/mol. The van der Waals surface area contributed by atoms with E-state index in [0.717, 1.165) is 59.4 Å². The van der Waals surface area contributed by atoms with Crippen molar-refractivity contribution in [1.29, 1.82) is 0 Å². The van der Waals surface area contributed by atoms with Crippen molar-refractivity contribution in [3.63, 3.8) is 0 Å². The first-order valence-corrected chi connectivity index (χ1v) is 10.8. The van der Waals surface area contributed by atoms with E-state index in [4.69, 9.17) is 0 Å². The van der Waals surface area contributed by atoms with Crippen molar-refractivity contribution in [3.05, 3.63) is 65.3 Å². The fourth-order valence-electron chi connectivity index (χ4n) is 3.57. The summed E-state index contributed by atoms with van der Waals surface area (Å²) in [5.41, 5.74) is 1.90. The molecule has 0 spiro atoms. The quantitative estimate of drug-likeness (QED) is 0.610. The van der Waals surface area contributed by atoms with Crippen LogP contribution in [0.25, 0.3) is 6.08 Å². The number of hydrogen-bond acceptors (Lipinski definition) is 7. The lowest BCUT2D eigenvalue weighted by Crippen LogP contribution is -2.39. The van der Waals surface area contributed by atoms with E-state index in [9.17, 15) is 4.79 Å². The minimum absolute atomic E-state index is 0.0488. The monoisotopic (exact) mass is 420 g/mol. The summed E-state index contributed by atoms with van der Waals surface area (Å²) < 4.78 is 0. The van der Waals surface area contributed by atoms with Gasteiger partial charge in [0.1, 0.15) is 12.1 Å². The van der Waals surface area contributed by atoms with Gasteiger partial charge in [0.2, 0.25) is 5.91 Å². The number of aryl methyl sites for hydroxylation is 1. The van der Waals surface area contributed by atoms with Gasteiger partial charge in [-0.25, -0.2) is 15.0 Å². The summed E-state index contributed by atoms with van der Waals surface area (Å²) in [7, 11) is 0. The molecule has 8 heteroatoms. The summed E-state index contributed by atoms with van der Waals surface area (Å²) in [5.74, 6) is 1.18. The summed E-state index contributed by atoms with van der Waals surface area (Å²) in [4.78, 5) is 32.8. The Morgan fingerprint density at radius 3 is 3.07 bits per heavy atom. The van der Waals surface area contributed by atoms with Crippen molar-refractivity contribution in [2.45, 2.75) is 26.2 Å². The fourth-order valence-corrected chi connectivity index (χ4v) is 4.25. The molecule has 30 heavy (non-hydrogen) atoms. The lowest BCUT2D eigenvalue weighted by atomic mass is 9.93. The van der Waals surface area contributed by atoms with Gasteiger partial charge in [-0.3, -0.25) is 9.78 Å². The standard InChI is InChI=1S/C22H24N6OS/c1-16-12-24-22(30-16)27-20-11-19(25-15-26-20)10-18-5-3-9-28(14-18)21(29)7-6-17-4-2-8-23-13-17/h2,4,6-8,11-13,15,18H,3,5,9-10,14H2,1H3,(H,24,25,26,27)/b7-6+/t18-/m0/s1. The number of rotatable bonds is 6. The molecule has 1 atom stereocenters. The minimum Gasteiger partial charge on any atom is -0.339 e. The van der Waals surface area contributed by atoms with Gasteiger partial charge >= 0.3 is 0 Å². The van der Waals surface area contributed by atoms with Crippen molar-refractivity contribution in [2.75, 3.05) is 18.4 Å². The molecule has 7 nitrogen and oxygen atoms in total. The molecule has 3 aromatic heterocycles. The van der Waals surface area contributed by atoms with Crippen LogP contribution < -0.4 is 5.32 Å². The van der Waals surface area contributed by atoms with Gasteiger partial charge in [0.15, 0.2) is 5.13 Å². The van der Waals surface area contributed by atoms with E-state index >= 15 is 0 Å². The number of hydrogen-bond donors (Lipinski definition) is 1. The molecule has 1 aliphatic rings. The Kier molecular flexibility index (Phi) is 6.44. The Bertz CT molecular complexity index is 1020. The first kappa shape index (κ1) is 20.2. The Labute approximate surface area is 179 Å². The molecular formula is C22H24N6OS. The number of thiazole rings is 1. The molecule has 4 heterocycles. The number of pyridine rings is 1. The van der Waals surface area contributed by atoms with Crippen molar-refractivity contribution in [1.82, 2.24) is 24.8 Å². The number of anilines is 2. The number of amides is 1. The Balaban J connectivity index is 1.35. The molecule has 1 fully saturated rings. The maximum absolute atomic E-state index is 12.6. The van der Waals surface area contributed by atoms with Gasteiger partial charge in [-0.05, 0) is 49.8 Å². The Morgan fingerprint density at radius 2 is 2.27 bits per heavy atom. The van der Waals surface area contributed by atoms with Gasteiger partial charge in [-0.2, -0.15) is 0 Å². The molecule has 1 N–H and O–H groups in total. The molecule has 0 unspecified atom stereocenters. The van der Waals surface area contributed by atoms with Crippen LogP contribution in [0, 0.1) is 12.8 Å². The zero-order valence-corrected chi connectivity index (χ0v) is 17.7. The second-order valence-electron chi connectivity index (χ2n) is 7.41. The first-order valence-electron chi connectivity index (χ1n) is 10.0. The zero-order valence-electron chi connectivity index (χ0n) is 16.9. The summed E-state index contributed by atoms with van der Waals surface area (Å²) in [6.45, 7) is 3.57. The van der Waals surface area contributed by atoms with E-state index in [1.54, 1.807) is 36.1 Å². The molecule has 4 rings (SSSR count). The van der Waals surface area contributed by atoms with Crippen LogP contribution in [-0.4, -0.2) is 43.8 Å². The minimum atomic E-state index is 0.0488. The number of carbonyl (C=O) groups is 1. The SMILES string of the molecule is Cc1cnc(Nc2cc(C[C@@H]3CCCN(C(=O)/C=C/c4cccnc4)C3)ncn2)s1. The second kappa shape index (κ2) is 9.58.